The quantitative estimate of drug-likeness (QED) is 0.366. The molecule has 1 unspecified atom stereocenters. The van der Waals surface area contributed by atoms with Crippen LogP contribution in [0.5, 0.6) is 0 Å². The molecule has 2 aromatic carbocycles. The molecule has 0 saturated carbocycles. The Labute approximate surface area is 209 Å². The normalized spacial score (nSPS) is 17.3. The molecule has 1 aliphatic heterocycles. The lowest BCUT2D eigenvalue weighted by Crippen LogP contribution is -2.15. The van der Waals surface area contributed by atoms with E-state index in [0.29, 0.717) is 17.5 Å². The third-order valence-corrected chi connectivity index (χ3v) is 8.01. The summed E-state index contributed by atoms with van der Waals surface area (Å²) in [6.45, 7) is 1.64. The number of anilines is 1. The lowest BCUT2D eigenvalue weighted by atomic mass is 10.0. The molecule has 3 heterocycles. The van der Waals surface area contributed by atoms with Gasteiger partial charge in [-0.3, -0.25) is 4.79 Å². The van der Waals surface area contributed by atoms with E-state index in [-0.39, 0.29) is 39.7 Å². The number of amides is 1. The van der Waals surface area contributed by atoms with Crippen LogP contribution in [0.2, 0.25) is 0 Å². The van der Waals surface area contributed by atoms with E-state index < -0.39 is 39.3 Å². The van der Waals surface area contributed by atoms with Gasteiger partial charge in [0.1, 0.15) is 5.82 Å². The summed E-state index contributed by atoms with van der Waals surface area (Å²) in [6, 6.07) is 10.7. The highest BCUT2D eigenvalue weighted by atomic mass is 32.2. The van der Waals surface area contributed by atoms with Gasteiger partial charge in [0.25, 0.3) is 5.91 Å². The summed E-state index contributed by atoms with van der Waals surface area (Å²) in [5.74, 6) is -1.38. The monoisotopic (exact) mass is 532 g/mol. The number of hydrogen-bond donors (Lipinski definition) is 1. The minimum atomic E-state index is -4.52. The Hall–Kier alpha value is -3.80. The zero-order chi connectivity index (χ0) is 26.5. The molecule has 0 aliphatic carbocycles. The predicted octanol–water partition coefficient (Wildman–Crippen LogP) is 5.18. The number of nitrogens with one attached hydrogen (secondary N) is 1. The highest BCUT2D eigenvalue weighted by Gasteiger charge is 2.33. The smallest absolute Gasteiger partial charge is 0.322 e. The number of sulfone groups is 1. The third kappa shape index (κ3) is 4.80. The largest absolute Gasteiger partial charge is 0.416 e. The first kappa shape index (κ1) is 24.9. The second-order valence-electron chi connectivity index (χ2n) is 8.85. The highest BCUT2D eigenvalue weighted by molar-refractivity contribution is 7.91. The fraction of sp³-hybridized carbons (Fsp3) is 0.240. The Morgan fingerprint density at radius 3 is 2.43 bits per heavy atom. The van der Waals surface area contributed by atoms with Crippen molar-refractivity contribution in [2.24, 2.45) is 0 Å². The molecule has 12 heteroatoms. The molecular weight excluding hydrogens is 512 g/mol. The summed E-state index contributed by atoms with van der Waals surface area (Å²) >= 11 is 0. The number of hydrogen-bond acceptors (Lipinski definition) is 5. The third-order valence-electron chi connectivity index (χ3n) is 6.26. The molecule has 0 bridgehead atoms. The van der Waals surface area contributed by atoms with Crippen LogP contribution in [0.3, 0.4) is 0 Å². The van der Waals surface area contributed by atoms with Crippen molar-refractivity contribution >= 4 is 32.5 Å². The van der Waals surface area contributed by atoms with Gasteiger partial charge in [-0.05, 0) is 55.8 Å². The van der Waals surface area contributed by atoms with Gasteiger partial charge >= 0.3 is 6.18 Å². The van der Waals surface area contributed by atoms with Crippen molar-refractivity contribution in [2.75, 3.05) is 16.8 Å². The van der Waals surface area contributed by atoms with Gasteiger partial charge in [-0.25, -0.2) is 22.5 Å². The van der Waals surface area contributed by atoms with Gasteiger partial charge in [0.15, 0.2) is 15.5 Å². The fourth-order valence-corrected chi connectivity index (χ4v) is 6.15. The summed E-state index contributed by atoms with van der Waals surface area (Å²) in [7, 11) is -3.26. The van der Waals surface area contributed by atoms with Crippen LogP contribution >= 0.6 is 0 Å². The van der Waals surface area contributed by atoms with Gasteiger partial charge in [-0.15, -0.1) is 0 Å². The van der Waals surface area contributed by atoms with Crippen molar-refractivity contribution in [3.05, 3.63) is 77.2 Å². The average molecular weight is 533 g/mol. The van der Waals surface area contributed by atoms with E-state index in [2.05, 4.69) is 15.4 Å². The number of carbonyl (C=O) groups excluding carboxylic acids is 1. The molecule has 1 saturated heterocycles. The Morgan fingerprint density at radius 2 is 1.81 bits per heavy atom. The van der Waals surface area contributed by atoms with E-state index in [1.54, 1.807) is 13.0 Å². The Morgan fingerprint density at radius 1 is 1.11 bits per heavy atom. The van der Waals surface area contributed by atoms with E-state index in [4.69, 9.17) is 0 Å². The van der Waals surface area contributed by atoms with Crippen LogP contribution in [0.4, 0.5) is 23.2 Å². The number of alkyl halides is 3. The lowest BCUT2D eigenvalue weighted by Gasteiger charge is -2.13. The van der Waals surface area contributed by atoms with E-state index >= 15 is 0 Å². The van der Waals surface area contributed by atoms with Crippen LogP contribution in [0.15, 0.2) is 54.6 Å². The minimum Gasteiger partial charge on any atom is -0.322 e. The van der Waals surface area contributed by atoms with Gasteiger partial charge in [0.2, 0.25) is 0 Å². The molecular formula is C25H20F4N4O3S. The highest BCUT2D eigenvalue weighted by Crippen LogP contribution is 2.34. The van der Waals surface area contributed by atoms with E-state index in [0.717, 1.165) is 24.3 Å². The minimum absolute atomic E-state index is 0.00760. The number of halogens is 4. The Balaban J connectivity index is 1.63. The Bertz CT molecular complexity index is 1630. The van der Waals surface area contributed by atoms with Crippen LogP contribution in [-0.4, -0.2) is 40.6 Å². The number of fused-ring (bicyclic) bond motifs is 1. The number of pyridine rings is 1. The molecule has 1 aliphatic rings. The lowest BCUT2D eigenvalue weighted by molar-refractivity contribution is -0.137. The van der Waals surface area contributed by atoms with Crippen molar-refractivity contribution < 1.29 is 30.8 Å². The van der Waals surface area contributed by atoms with Crippen LogP contribution < -0.4 is 5.32 Å². The molecule has 192 valence electrons. The molecule has 0 spiro atoms. The molecule has 1 atom stereocenters. The van der Waals surface area contributed by atoms with E-state index in [1.165, 1.54) is 28.9 Å². The van der Waals surface area contributed by atoms with Crippen LogP contribution in [-0.2, 0) is 16.0 Å². The van der Waals surface area contributed by atoms with Crippen molar-refractivity contribution in [1.82, 2.24) is 14.8 Å². The number of rotatable bonds is 4. The maximum atomic E-state index is 14.7. The number of nitrogens with zero attached hydrogens (tertiary/aromatic N) is 3. The molecule has 1 amide bonds. The molecule has 4 aromatic rings. The van der Waals surface area contributed by atoms with Crippen LogP contribution in [0, 0.1) is 12.7 Å². The number of benzene rings is 2. The maximum absolute atomic E-state index is 14.7. The standard InChI is InChI=1S/C25H20F4N4O3S/c1-14-22-19(24(34)30-16-8-6-15(7-9-16)25(27,28)29)12-21(18-4-2-3-5-20(18)26)31-23(22)33(32-14)17-10-11-37(35,36)13-17/h2-9,12,17H,10-11,13H2,1H3,(H,30,34). The maximum Gasteiger partial charge on any atom is 0.416 e. The number of carbonyl (C=O) groups is 1. The first-order valence-electron chi connectivity index (χ1n) is 11.3. The van der Waals surface area contributed by atoms with Gasteiger partial charge in [-0.1, -0.05) is 12.1 Å². The van der Waals surface area contributed by atoms with Crippen molar-refractivity contribution in [2.45, 2.75) is 25.6 Å². The summed E-state index contributed by atoms with van der Waals surface area (Å²) in [5, 5.41) is 7.40. The zero-order valence-corrected chi connectivity index (χ0v) is 20.2. The second kappa shape index (κ2) is 8.94. The molecule has 5 rings (SSSR count). The number of aryl methyl sites for hydroxylation is 1. The second-order valence-corrected chi connectivity index (χ2v) is 11.1. The molecule has 7 nitrogen and oxygen atoms in total. The van der Waals surface area contributed by atoms with Crippen molar-refractivity contribution in [3.8, 4) is 11.3 Å². The molecule has 0 radical (unpaired) electrons. The van der Waals surface area contributed by atoms with Crippen LogP contribution in [0.25, 0.3) is 22.3 Å². The predicted molar refractivity (Wildman–Crippen MR) is 129 cm³/mol. The van der Waals surface area contributed by atoms with E-state index in [9.17, 15) is 30.8 Å². The van der Waals surface area contributed by atoms with Crippen molar-refractivity contribution in [3.63, 3.8) is 0 Å². The first-order valence-corrected chi connectivity index (χ1v) is 13.1. The van der Waals surface area contributed by atoms with Gasteiger partial charge in [0.05, 0.1) is 45.4 Å². The van der Waals surface area contributed by atoms with Gasteiger partial charge in [-0.2, -0.15) is 18.3 Å². The zero-order valence-electron chi connectivity index (χ0n) is 19.4. The number of aromatic nitrogens is 3. The van der Waals surface area contributed by atoms with Gasteiger partial charge < -0.3 is 5.32 Å². The van der Waals surface area contributed by atoms with Gasteiger partial charge in [0, 0.05) is 11.3 Å². The van der Waals surface area contributed by atoms with Crippen molar-refractivity contribution in [1.29, 1.82) is 0 Å². The fourth-order valence-electron chi connectivity index (χ4n) is 4.46. The summed E-state index contributed by atoms with van der Waals surface area (Å²) in [6.07, 6.45) is -4.20. The summed E-state index contributed by atoms with van der Waals surface area (Å²) < 4.78 is 79.1. The topological polar surface area (TPSA) is 93.9 Å². The molecule has 2 aromatic heterocycles. The summed E-state index contributed by atoms with van der Waals surface area (Å²) in [5.41, 5.74) is 0.224. The molecule has 37 heavy (non-hydrogen) atoms. The molecule has 1 N–H and O–H groups in total. The summed E-state index contributed by atoms with van der Waals surface area (Å²) in [4.78, 5) is 17.9. The SMILES string of the molecule is Cc1nn(C2CCS(=O)(=O)C2)c2nc(-c3ccccc3F)cc(C(=O)Nc3ccc(C(F)(F)F)cc3)c12. The van der Waals surface area contributed by atoms with Crippen LogP contribution in [0.1, 0.15) is 34.1 Å². The Kier molecular flexibility index (Phi) is 6.01. The molecule has 1 fully saturated rings. The first-order chi connectivity index (χ1) is 17.4. The average Bonchev–Trinajstić information content (AvgIpc) is 3.37. The van der Waals surface area contributed by atoms with E-state index in [1.807, 2.05) is 0 Å².